The van der Waals surface area contributed by atoms with Crippen molar-refractivity contribution in [3.8, 4) is 5.75 Å². The maximum absolute atomic E-state index is 13.4. The van der Waals surface area contributed by atoms with Crippen molar-refractivity contribution >= 4 is 11.9 Å². The van der Waals surface area contributed by atoms with Gasteiger partial charge in [0.1, 0.15) is 11.6 Å². The first-order valence-electron chi connectivity index (χ1n) is 8.24. The molecule has 0 saturated carbocycles. The van der Waals surface area contributed by atoms with E-state index in [1.54, 1.807) is 14.0 Å². The fourth-order valence-electron chi connectivity index (χ4n) is 2.70. The lowest BCUT2D eigenvalue weighted by molar-refractivity contribution is -0.142. The topological polar surface area (TPSA) is 75.6 Å². The number of nitrogens with one attached hydrogen (secondary N) is 1. The molecule has 0 saturated heterocycles. The molecule has 2 aromatic carbocycles. The zero-order valence-corrected chi connectivity index (χ0v) is 15.0. The molecule has 138 valence electrons. The lowest BCUT2D eigenvalue weighted by Gasteiger charge is -2.18. The molecule has 2 N–H and O–H groups in total. The molecule has 6 heteroatoms. The minimum atomic E-state index is -1.22. The van der Waals surface area contributed by atoms with E-state index in [2.05, 4.69) is 5.32 Å². The largest absolute Gasteiger partial charge is 0.497 e. The number of rotatable bonds is 7. The quantitative estimate of drug-likeness (QED) is 0.792. The summed E-state index contributed by atoms with van der Waals surface area (Å²) in [6, 6.07) is 10.2. The first kappa shape index (κ1) is 19.4. The Hall–Kier alpha value is -2.89. The van der Waals surface area contributed by atoms with E-state index < -0.39 is 23.7 Å². The highest BCUT2D eigenvalue weighted by Crippen LogP contribution is 2.24. The van der Waals surface area contributed by atoms with Gasteiger partial charge < -0.3 is 15.2 Å². The molecule has 2 rings (SSSR count). The highest BCUT2D eigenvalue weighted by molar-refractivity contribution is 5.85. The number of hydrogen-bond donors (Lipinski definition) is 2. The average molecular weight is 359 g/mol. The Balaban J connectivity index is 2.09. The van der Waals surface area contributed by atoms with Gasteiger partial charge in [0.05, 0.1) is 7.11 Å². The molecular weight excluding hydrogens is 337 g/mol. The van der Waals surface area contributed by atoms with Crippen LogP contribution in [0.2, 0.25) is 0 Å². The van der Waals surface area contributed by atoms with Crippen molar-refractivity contribution in [2.24, 2.45) is 0 Å². The van der Waals surface area contributed by atoms with Gasteiger partial charge in [-0.2, -0.15) is 0 Å². The highest BCUT2D eigenvalue weighted by Gasteiger charge is 2.23. The summed E-state index contributed by atoms with van der Waals surface area (Å²) in [5, 5.41) is 11.9. The fraction of sp³-hybridized carbons (Fsp3) is 0.300. The smallest absolute Gasteiger partial charge is 0.330 e. The molecule has 0 fully saturated rings. The van der Waals surface area contributed by atoms with Crippen molar-refractivity contribution in [3.05, 3.63) is 65.0 Å². The van der Waals surface area contributed by atoms with Crippen LogP contribution in [-0.4, -0.2) is 24.1 Å². The SMILES string of the molecule is COc1cccc(C(C)CC(=O)NC(C(=O)O)c2ccc(F)c(C)c2)c1. The molecule has 0 spiro atoms. The number of carboxylic acids is 1. The summed E-state index contributed by atoms with van der Waals surface area (Å²) in [5.41, 5.74) is 1.58. The third-order valence-electron chi connectivity index (χ3n) is 4.22. The van der Waals surface area contributed by atoms with Gasteiger partial charge in [-0.05, 0) is 47.7 Å². The molecule has 2 atom stereocenters. The monoisotopic (exact) mass is 359 g/mol. The molecule has 0 aliphatic carbocycles. The molecule has 2 aromatic rings. The number of ether oxygens (including phenoxy) is 1. The van der Waals surface area contributed by atoms with Crippen LogP contribution in [0.15, 0.2) is 42.5 Å². The van der Waals surface area contributed by atoms with Crippen LogP contribution in [0.5, 0.6) is 5.75 Å². The predicted octanol–water partition coefficient (Wildman–Crippen LogP) is 3.58. The Morgan fingerprint density at radius 1 is 1.19 bits per heavy atom. The summed E-state index contributed by atoms with van der Waals surface area (Å²) >= 11 is 0. The maximum atomic E-state index is 13.4. The minimum absolute atomic E-state index is 0.116. The summed E-state index contributed by atoms with van der Waals surface area (Å²) in [6.07, 6.45) is 0.122. The summed E-state index contributed by atoms with van der Waals surface area (Å²) in [7, 11) is 1.57. The minimum Gasteiger partial charge on any atom is -0.497 e. The van der Waals surface area contributed by atoms with Gasteiger partial charge in [-0.1, -0.05) is 31.2 Å². The summed E-state index contributed by atoms with van der Waals surface area (Å²) < 4.78 is 18.6. The van der Waals surface area contributed by atoms with Gasteiger partial charge in [0.2, 0.25) is 5.91 Å². The molecule has 0 heterocycles. The predicted molar refractivity (Wildman–Crippen MR) is 95.7 cm³/mol. The number of carbonyl (C=O) groups excluding carboxylic acids is 1. The summed E-state index contributed by atoms with van der Waals surface area (Å²) in [4.78, 5) is 23.9. The number of aryl methyl sites for hydroxylation is 1. The fourth-order valence-corrected chi connectivity index (χ4v) is 2.70. The van der Waals surface area contributed by atoms with Crippen molar-refractivity contribution < 1.29 is 23.8 Å². The first-order valence-corrected chi connectivity index (χ1v) is 8.24. The molecule has 0 aliphatic rings. The van der Waals surface area contributed by atoms with Crippen LogP contribution in [0, 0.1) is 12.7 Å². The number of methoxy groups -OCH3 is 1. The molecule has 0 radical (unpaired) electrons. The van der Waals surface area contributed by atoms with Gasteiger partial charge >= 0.3 is 5.97 Å². The Bertz CT molecular complexity index is 806. The van der Waals surface area contributed by atoms with E-state index in [4.69, 9.17) is 4.74 Å². The third-order valence-corrected chi connectivity index (χ3v) is 4.22. The zero-order valence-electron chi connectivity index (χ0n) is 15.0. The van der Waals surface area contributed by atoms with Crippen molar-refractivity contribution in [1.29, 1.82) is 0 Å². The Kier molecular flexibility index (Phi) is 6.33. The Labute approximate surface area is 151 Å². The second kappa shape index (κ2) is 8.47. The number of benzene rings is 2. The highest BCUT2D eigenvalue weighted by atomic mass is 19.1. The normalized spacial score (nSPS) is 12.9. The Morgan fingerprint density at radius 2 is 1.92 bits per heavy atom. The lowest BCUT2D eigenvalue weighted by Crippen LogP contribution is -2.34. The van der Waals surface area contributed by atoms with Crippen LogP contribution in [0.1, 0.15) is 42.0 Å². The molecular formula is C20H22FNO4. The summed E-state index contributed by atoms with van der Waals surface area (Å²) in [6.45, 7) is 3.43. The number of carbonyl (C=O) groups is 2. The number of hydrogen-bond acceptors (Lipinski definition) is 3. The van der Waals surface area contributed by atoms with Gasteiger partial charge in [-0.15, -0.1) is 0 Å². The van der Waals surface area contributed by atoms with Gasteiger partial charge in [0.15, 0.2) is 6.04 Å². The van der Waals surface area contributed by atoms with Crippen LogP contribution in [-0.2, 0) is 9.59 Å². The van der Waals surface area contributed by atoms with E-state index >= 15 is 0 Å². The van der Waals surface area contributed by atoms with Crippen LogP contribution < -0.4 is 10.1 Å². The van der Waals surface area contributed by atoms with E-state index in [-0.39, 0.29) is 12.3 Å². The average Bonchev–Trinajstić information content (AvgIpc) is 2.62. The zero-order chi connectivity index (χ0) is 19.3. The van der Waals surface area contributed by atoms with Gasteiger partial charge in [-0.25, -0.2) is 9.18 Å². The van der Waals surface area contributed by atoms with Crippen LogP contribution in [0.25, 0.3) is 0 Å². The van der Waals surface area contributed by atoms with Gasteiger partial charge in [-0.3, -0.25) is 4.79 Å². The van der Waals surface area contributed by atoms with E-state index in [0.717, 1.165) is 5.56 Å². The number of halogens is 1. The van der Waals surface area contributed by atoms with Crippen molar-refractivity contribution in [3.63, 3.8) is 0 Å². The number of aliphatic carboxylic acids is 1. The second-order valence-corrected chi connectivity index (χ2v) is 6.23. The Morgan fingerprint density at radius 3 is 2.54 bits per heavy atom. The van der Waals surface area contributed by atoms with E-state index in [9.17, 15) is 19.1 Å². The van der Waals surface area contributed by atoms with Gasteiger partial charge in [0.25, 0.3) is 0 Å². The molecule has 0 bridgehead atoms. The number of carboxylic acid groups (broad SMARTS) is 1. The second-order valence-electron chi connectivity index (χ2n) is 6.23. The van der Waals surface area contributed by atoms with Gasteiger partial charge in [0, 0.05) is 6.42 Å². The van der Waals surface area contributed by atoms with Crippen molar-refractivity contribution in [2.45, 2.75) is 32.2 Å². The molecule has 0 aliphatic heterocycles. The molecule has 0 aromatic heterocycles. The van der Waals surface area contributed by atoms with E-state index in [0.29, 0.717) is 16.9 Å². The van der Waals surface area contributed by atoms with E-state index in [1.165, 1.54) is 18.2 Å². The van der Waals surface area contributed by atoms with Crippen LogP contribution in [0.4, 0.5) is 4.39 Å². The molecule has 1 amide bonds. The molecule has 2 unspecified atom stereocenters. The van der Waals surface area contributed by atoms with Crippen molar-refractivity contribution in [1.82, 2.24) is 5.32 Å². The summed E-state index contributed by atoms with van der Waals surface area (Å²) in [5.74, 6) is -1.43. The van der Waals surface area contributed by atoms with E-state index in [1.807, 2.05) is 31.2 Å². The third kappa shape index (κ3) is 4.81. The van der Waals surface area contributed by atoms with Crippen molar-refractivity contribution in [2.75, 3.05) is 7.11 Å². The first-order chi connectivity index (χ1) is 12.3. The number of amides is 1. The van der Waals surface area contributed by atoms with Crippen LogP contribution in [0.3, 0.4) is 0 Å². The maximum Gasteiger partial charge on any atom is 0.330 e. The standard InChI is InChI=1S/C20H22FNO4/c1-12(14-5-4-6-16(11-14)26-3)10-18(23)22-19(20(24)25)15-7-8-17(21)13(2)9-15/h4-9,11-12,19H,10H2,1-3H3,(H,22,23)(H,24,25). The molecule has 5 nitrogen and oxygen atoms in total. The van der Waals surface area contributed by atoms with Crippen LogP contribution >= 0.6 is 0 Å². The molecule has 26 heavy (non-hydrogen) atoms. The lowest BCUT2D eigenvalue weighted by atomic mass is 9.96.